The molecule has 0 N–H and O–H groups in total. The minimum Gasteiger partial charge on any atom is -0.462 e. The van der Waals surface area contributed by atoms with Gasteiger partial charge in [-0.2, -0.15) is 0 Å². The molecule has 6 heteroatoms. The van der Waals surface area contributed by atoms with Crippen LogP contribution in [0.5, 0.6) is 0 Å². The Kier molecular flexibility index (Phi) is 53.7. The third-order valence-corrected chi connectivity index (χ3v) is 13.2. The lowest BCUT2D eigenvalue weighted by molar-refractivity contribution is -0.167. The van der Waals surface area contributed by atoms with E-state index >= 15 is 0 Å². The van der Waals surface area contributed by atoms with Crippen molar-refractivity contribution < 1.29 is 28.6 Å². The van der Waals surface area contributed by atoms with Crippen LogP contribution in [0.25, 0.3) is 0 Å². The van der Waals surface area contributed by atoms with E-state index in [1.165, 1.54) is 205 Å². The highest BCUT2D eigenvalue weighted by Gasteiger charge is 2.19. The largest absolute Gasteiger partial charge is 0.462 e. The zero-order valence-corrected chi connectivity index (χ0v) is 44.5. The summed E-state index contributed by atoms with van der Waals surface area (Å²) in [6.45, 7) is 6.64. The molecule has 0 aromatic carbocycles. The lowest BCUT2D eigenvalue weighted by Crippen LogP contribution is -2.30. The van der Waals surface area contributed by atoms with E-state index in [9.17, 15) is 14.4 Å². The molecule has 66 heavy (non-hydrogen) atoms. The maximum atomic E-state index is 12.8. The van der Waals surface area contributed by atoms with Crippen LogP contribution in [-0.2, 0) is 28.6 Å². The Balaban J connectivity index is 4.31. The molecule has 1 atom stereocenters. The van der Waals surface area contributed by atoms with Gasteiger partial charge >= 0.3 is 17.9 Å². The maximum absolute atomic E-state index is 12.8. The summed E-state index contributed by atoms with van der Waals surface area (Å²) in [6.07, 6.45) is 64.5. The quantitative estimate of drug-likeness (QED) is 0.0262. The number of hydrogen-bond donors (Lipinski definition) is 0. The van der Waals surface area contributed by atoms with E-state index in [2.05, 4.69) is 45.1 Å². The number of unbranched alkanes of at least 4 members (excludes halogenated alkanes) is 39. The first-order valence-corrected chi connectivity index (χ1v) is 29.3. The Bertz CT molecular complexity index is 1070. The number of carbonyl (C=O) groups excluding carboxylic acids is 3. The molecule has 0 saturated heterocycles. The van der Waals surface area contributed by atoms with Crippen molar-refractivity contribution in [3.05, 3.63) is 24.3 Å². The molecule has 388 valence electrons. The molecule has 0 rings (SSSR count). The maximum Gasteiger partial charge on any atom is 0.306 e. The van der Waals surface area contributed by atoms with Gasteiger partial charge in [0.25, 0.3) is 0 Å². The second-order valence-electron chi connectivity index (χ2n) is 19.9. The van der Waals surface area contributed by atoms with Gasteiger partial charge in [0.1, 0.15) is 13.2 Å². The van der Waals surface area contributed by atoms with Crippen LogP contribution in [0.3, 0.4) is 0 Å². The average Bonchev–Trinajstić information content (AvgIpc) is 3.31. The summed E-state index contributed by atoms with van der Waals surface area (Å²) in [4.78, 5) is 38.1. The molecule has 0 aliphatic carbocycles. The van der Waals surface area contributed by atoms with Crippen LogP contribution < -0.4 is 0 Å². The zero-order chi connectivity index (χ0) is 47.9. The van der Waals surface area contributed by atoms with E-state index in [1.54, 1.807) is 0 Å². The molecule has 0 saturated carbocycles. The predicted molar refractivity (Wildman–Crippen MR) is 284 cm³/mol. The molecule has 0 unspecified atom stereocenters. The molecule has 0 heterocycles. The second kappa shape index (κ2) is 55.5. The molecule has 0 bridgehead atoms. The summed E-state index contributed by atoms with van der Waals surface area (Å²) in [6, 6.07) is 0. The fraction of sp³-hybridized carbons (Fsp3) is 0.883. The number of rotatable bonds is 54. The van der Waals surface area contributed by atoms with Gasteiger partial charge in [0.15, 0.2) is 6.10 Å². The van der Waals surface area contributed by atoms with Crippen molar-refractivity contribution in [1.29, 1.82) is 0 Å². The summed E-state index contributed by atoms with van der Waals surface area (Å²) >= 11 is 0. The molecular formula is C60H112O6. The van der Waals surface area contributed by atoms with E-state index < -0.39 is 6.10 Å². The van der Waals surface area contributed by atoms with E-state index in [0.29, 0.717) is 19.3 Å². The highest BCUT2D eigenvalue weighted by Crippen LogP contribution is 2.17. The molecule has 0 aromatic rings. The Morgan fingerprint density at radius 3 is 0.879 bits per heavy atom. The Morgan fingerprint density at radius 2 is 0.561 bits per heavy atom. The Hall–Kier alpha value is -2.11. The number of carbonyl (C=O) groups is 3. The Morgan fingerprint density at radius 1 is 0.303 bits per heavy atom. The van der Waals surface area contributed by atoms with Crippen LogP contribution in [0.4, 0.5) is 0 Å². The summed E-state index contributed by atoms with van der Waals surface area (Å²) in [5.41, 5.74) is 0. The van der Waals surface area contributed by atoms with Crippen LogP contribution in [0, 0.1) is 0 Å². The molecule has 6 nitrogen and oxygen atoms in total. The van der Waals surface area contributed by atoms with E-state index in [1.807, 2.05) is 0 Å². The van der Waals surface area contributed by atoms with E-state index in [4.69, 9.17) is 14.2 Å². The molecule has 0 radical (unpaired) electrons. The van der Waals surface area contributed by atoms with Crippen molar-refractivity contribution in [1.82, 2.24) is 0 Å². The summed E-state index contributed by atoms with van der Waals surface area (Å²) in [5, 5.41) is 0. The third kappa shape index (κ3) is 52.9. The minimum absolute atomic E-state index is 0.0700. The molecule has 0 aliphatic rings. The normalized spacial score (nSPS) is 12.1. The summed E-state index contributed by atoms with van der Waals surface area (Å²) < 4.78 is 16.9. The SMILES string of the molecule is CCCC/C=C/C/C=C/CCCCCCCC(=O)OC[C@H](COC(=O)CCCCCCCCCCCCCCCCCCCCC)OC(=O)CCCCCCCCCCCCCCCCC. The first-order valence-electron chi connectivity index (χ1n) is 29.3. The van der Waals surface area contributed by atoms with Crippen molar-refractivity contribution in [2.24, 2.45) is 0 Å². The van der Waals surface area contributed by atoms with Crippen molar-refractivity contribution >= 4 is 17.9 Å². The lowest BCUT2D eigenvalue weighted by Gasteiger charge is -2.18. The smallest absolute Gasteiger partial charge is 0.306 e. The van der Waals surface area contributed by atoms with Crippen molar-refractivity contribution in [2.75, 3.05) is 13.2 Å². The van der Waals surface area contributed by atoms with Gasteiger partial charge in [0.2, 0.25) is 0 Å². The van der Waals surface area contributed by atoms with E-state index in [0.717, 1.165) is 77.0 Å². The van der Waals surface area contributed by atoms with Gasteiger partial charge in [-0.25, -0.2) is 0 Å². The summed E-state index contributed by atoms with van der Waals surface area (Å²) in [5.74, 6) is -0.862. The zero-order valence-electron chi connectivity index (χ0n) is 44.5. The van der Waals surface area contributed by atoms with Crippen LogP contribution >= 0.6 is 0 Å². The average molecular weight is 930 g/mol. The number of ether oxygens (including phenoxy) is 3. The lowest BCUT2D eigenvalue weighted by atomic mass is 10.0. The number of esters is 3. The molecule has 0 amide bonds. The number of allylic oxidation sites excluding steroid dienone is 4. The molecule has 0 aliphatic heterocycles. The Labute approximate surface area is 411 Å². The summed E-state index contributed by atoms with van der Waals surface area (Å²) in [7, 11) is 0. The molecule has 0 aromatic heterocycles. The monoisotopic (exact) mass is 929 g/mol. The van der Waals surface area contributed by atoms with Crippen LogP contribution in [0.1, 0.15) is 323 Å². The highest BCUT2D eigenvalue weighted by molar-refractivity contribution is 5.71. The van der Waals surface area contributed by atoms with Gasteiger partial charge in [-0.3, -0.25) is 14.4 Å². The van der Waals surface area contributed by atoms with Crippen LogP contribution in [-0.4, -0.2) is 37.2 Å². The second-order valence-corrected chi connectivity index (χ2v) is 19.9. The fourth-order valence-corrected chi connectivity index (χ4v) is 8.76. The minimum atomic E-state index is -0.772. The molecule has 0 fully saturated rings. The topological polar surface area (TPSA) is 78.9 Å². The van der Waals surface area contributed by atoms with Gasteiger partial charge in [0, 0.05) is 19.3 Å². The van der Waals surface area contributed by atoms with Gasteiger partial charge in [-0.1, -0.05) is 283 Å². The van der Waals surface area contributed by atoms with Crippen molar-refractivity contribution in [3.63, 3.8) is 0 Å². The standard InChI is InChI=1S/C60H112O6/c1-4-7-10-13-16-19-22-25-28-29-30-31-33-35-38-41-44-47-50-53-59(62)65-56-57(55-64-58(61)52-49-46-43-40-37-34-27-24-21-18-15-12-9-6-3)66-60(63)54-51-48-45-42-39-36-32-26-23-20-17-14-11-8-5-2/h15,18,24,27,57H,4-14,16-17,19-23,25-26,28-56H2,1-3H3/b18-15+,27-24+/t57-/m1/s1. The van der Waals surface area contributed by atoms with Gasteiger partial charge < -0.3 is 14.2 Å². The van der Waals surface area contributed by atoms with Gasteiger partial charge in [-0.15, -0.1) is 0 Å². The molecular weight excluding hydrogens is 817 g/mol. The third-order valence-electron chi connectivity index (χ3n) is 13.2. The molecule has 0 spiro atoms. The van der Waals surface area contributed by atoms with Crippen molar-refractivity contribution in [3.8, 4) is 0 Å². The van der Waals surface area contributed by atoms with Gasteiger partial charge in [0.05, 0.1) is 0 Å². The van der Waals surface area contributed by atoms with Crippen LogP contribution in [0.15, 0.2) is 24.3 Å². The van der Waals surface area contributed by atoms with Crippen molar-refractivity contribution in [2.45, 2.75) is 329 Å². The first-order chi connectivity index (χ1) is 32.5. The predicted octanol–water partition coefficient (Wildman–Crippen LogP) is 19.5. The number of hydrogen-bond acceptors (Lipinski definition) is 6. The highest BCUT2D eigenvalue weighted by atomic mass is 16.6. The first kappa shape index (κ1) is 63.9. The van der Waals surface area contributed by atoms with E-state index in [-0.39, 0.29) is 31.1 Å². The van der Waals surface area contributed by atoms with Gasteiger partial charge in [-0.05, 0) is 44.9 Å². The fourth-order valence-electron chi connectivity index (χ4n) is 8.76. The van der Waals surface area contributed by atoms with Crippen LogP contribution in [0.2, 0.25) is 0 Å².